The molecule has 0 aromatic heterocycles. The molecular formula is C18H15NS. The lowest BCUT2D eigenvalue weighted by atomic mass is 10.1. The second-order valence-electron chi connectivity index (χ2n) is 4.54. The van der Waals surface area contributed by atoms with Crippen LogP contribution in [0.3, 0.4) is 0 Å². The zero-order valence-corrected chi connectivity index (χ0v) is 11.8. The second kappa shape index (κ2) is 5.85. The Labute approximate surface area is 123 Å². The van der Waals surface area contributed by atoms with Crippen LogP contribution in [0, 0.1) is 0 Å². The Balaban J connectivity index is 2.00. The van der Waals surface area contributed by atoms with Crippen molar-refractivity contribution < 1.29 is 0 Å². The van der Waals surface area contributed by atoms with Crippen LogP contribution in [0.4, 0.5) is 5.69 Å². The van der Waals surface area contributed by atoms with Gasteiger partial charge in [-0.25, -0.2) is 0 Å². The summed E-state index contributed by atoms with van der Waals surface area (Å²) in [6.45, 7) is 0. The molecule has 0 aliphatic heterocycles. The van der Waals surface area contributed by atoms with E-state index >= 15 is 0 Å². The van der Waals surface area contributed by atoms with Gasteiger partial charge in [-0.3, -0.25) is 0 Å². The van der Waals surface area contributed by atoms with Crippen molar-refractivity contribution in [3.05, 3.63) is 78.9 Å². The van der Waals surface area contributed by atoms with E-state index in [0.717, 1.165) is 11.3 Å². The summed E-state index contributed by atoms with van der Waals surface area (Å²) in [5.41, 5.74) is 9.06. The molecule has 98 valence electrons. The van der Waals surface area contributed by atoms with Crippen molar-refractivity contribution in [3.8, 4) is 11.1 Å². The Morgan fingerprint density at radius 3 is 2.25 bits per heavy atom. The number of rotatable bonds is 3. The molecule has 0 aliphatic rings. The van der Waals surface area contributed by atoms with Gasteiger partial charge in [0.05, 0.1) is 0 Å². The molecule has 0 heterocycles. The van der Waals surface area contributed by atoms with Gasteiger partial charge >= 0.3 is 0 Å². The first-order chi connectivity index (χ1) is 9.83. The number of nitrogen functional groups attached to an aromatic ring is 1. The van der Waals surface area contributed by atoms with Gasteiger partial charge in [0, 0.05) is 15.5 Å². The highest BCUT2D eigenvalue weighted by atomic mass is 32.2. The van der Waals surface area contributed by atoms with Crippen LogP contribution < -0.4 is 5.73 Å². The molecule has 3 aromatic carbocycles. The lowest BCUT2D eigenvalue weighted by molar-refractivity contribution is 1.40. The van der Waals surface area contributed by atoms with Crippen molar-refractivity contribution in [1.29, 1.82) is 0 Å². The van der Waals surface area contributed by atoms with Crippen molar-refractivity contribution in [1.82, 2.24) is 0 Å². The maximum atomic E-state index is 5.89. The van der Waals surface area contributed by atoms with E-state index in [9.17, 15) is 0 Å². The molecule has 2 heteroatoms. The molecule has 0 amide bonds. The quantitative estimate of drug-likeness (QED) is 0.675. The van der Waals surface area contributed by atoms with Gasteiger partial charge in [0.1, 0.15) is 0 Å². The molecule has 0 saturated heterocycles. The average Bonchev–Trinajstić information content (AvgIpc) is 2.49. The van der Waals surface area contributed by atoms with Crippen LogP contribution in [0.2, 0.25) is 0 Å². The lowest BCUT2D eigenvalue weighted by Crippen LogP contribution is -1.86. The summed E-state index contributed by atoms with van der Waals surface area (Å²) in [4.78, 5) is 2.48. The van der Waals surface area contributed by atoms with E-state index in [2.05, 4.69) is 54.6 Å². The van der Waals surface area contributed by atoms with E-state index in [1.807, 2.05) is 24.3 Å². The molecule has 0 unspecified atom stereocenters. The summed E-state index contributed by atoms with van der Waals surface area (Å²) in [6.07, 6.45) is 0. The molecule has 0 aliphatic carbocycles. The predicted molar refractivity (Wildman–Crippen MR) is 86.9 cm³/mol. The highest BCUT2D eigenvalue weighted by molar-refractivity contribution is 7.99. The number of hydrogen-bond donors (Lipinski definition) is 1. The molecule has 2 N–H and O–H groups in total. The first-order valence-electron chi connectivity index (χ1n) is 6.51. The van der Waals surface area contributed by atoms with Crippen LogP contribution in [0.25, 0.3) is 11.1 Å². The predicted octanol–water partition coefficient (Wildman–Crippen LogP) is 5.09. The minimum atomic E-state index is 0.794. The fraction of sp³-hybridized carbons (Fsp3) is 0. The molecule has 20 heavy (non-hydrogen) atoms. The Kier molecular flexibility index (Phi) is 3.75. The third-order valence-corrected chi connectivity index (χ3v) is 4.14. The van der Waals surface area contributed by atoms with E-state index in [4.69, 9.17) is 5.73 Å². The van der Waals surface area contributed by atoms with E-state index in [1.165, 1.54) is 15.4 Å². The minimum Gasteiger partial charge on any atom is -0.399 e. The van der Waals surface area contributed by atoms with E-state index in [-0.39, 0.29) is 0 Å². The van der Waals surface area contributed by atoms with Crippen molar-refractivity contribution >= 4 is 17.4 Å². The molecule has 3 aromatic rings. The van der Waals surface area contributed by atoms with Crippen LogP contribution in [0.1, 0.15) is 0 Å². The van der Waals surface area contributed by atoms with Gasteiger partial charge in [-0.2, -0.15) is 0 Å². The average molecular weight is 277 g/mol. The normalized spacial score (nSPS) is 10.4. The summed E-state index contributed by atoms with van der Waals surface area (Å²) < 4.78 is 0. The molecule has 1 nitrogen and oxygen atoms in total. The molecule has 3 rings (SSSR count). The van der Waals surface area contributed by atoms with Gasteiger partial charge in [0.15, 0.2) is 0 Å². The number of benzene rings is 3. The first-order valence-corrected chi connectivity index (χ1v) is 7.32. The Morgan fingerprint density at radius 2 is 1.45 bits per heavy atom. The summed E-state index contributed by atoms with van der Waals surface area (Å²) in [5.74, 6) is 0. The van der Waals surface area contributed by atoms with Gasteiger partial charge in [0.25, 0.3) is 0 Å². The molecule has 0 bridgehead atoms. The topological polar surface area (TPSA) is 26.0 Å². The summed E-state index contributed by atoms with van der Waals surface area (Å²) in [6, 6.07) is 26.9. The highest BCUT2D eigenvalue weighted by Crippen LogP contribution is 2.36. The van der Waals surface area contributed by atoms with Gasteiger partial charge in [0.2, 0.25) is 0 Å². The third kappa shape index (κ3) is 2.86. The van der Waals surface area contributed by atoms with Crippen LogP contribution in [0.5, 0.6) is 0 Å². The van der Waals surface area contributed by atoms with Crippen LogP contribution in [0.15, 0.2) is 88.7 Å². The van der Waals surface area contributed by atoms with Crippen LogP contribution in [-0.2, 0) is 0 Å². The SMILES string of the molecule is Nc1cccc(-c2ccccc2Sc2ccccc2)c1. The van der Waals surface area contributed by atoms with Crippen LogP contribution in [-0.4, -0.2) is 0 Å². The molecule has 0 atom stereocenters. The Hall–Kier alpha value is -2.19. The number of anilines is 1. The molecule has 0 saturated carbocycles. The molecule has 0 radical (unpaired) electrons. The van der Waals surface area contributed by atoms with E-state index in [1.54, 1.807) is 11.8 Å². The lowest BCUT2D eigenvalue weighted by Gasteiger charge is -2.10. The Morgan fingerprint density at radius 1 is 0.700 bits per heavy atom. The van der Waals surface area contributed by atoms with Crippen molar-refractivity contribution in [2.45, 2.75) is 9.79 Å². The highest BCUT2D eigenvalue weighted by Gasteiger charge is 2.06. The fourth-order valence-electron chi connectivity index (χ4n) is 2.12. The third-order valence-electron chi connectivity index (χ3n) is 3.06. The number of nitrogens with two attached hydrogens (primary N) is 1. The van der Waals surface area contributed by atoms with Gasteiger partial charge in [-0.05, 0) is 41.5 Å². The minimum absolute atomic E-state index is 0.794. The van der Waals surface area contributed by atoms with Crippen molar-refractivity contribution in [2.75, 3.05) is 5.73 Å². The zero-order valence-electron chi connectivity index (χ0n) is 11.0. The standard InChI is InChI=1S/C18H15NS/c19-15-8-6-7-14(13-15)17-11-4-5-12-18(17)20-16-9-2-1-3-10-16/h1-13H,19H2. The maximum absolute atomic E-state index is 5.89. The molecule has 0 fully saturated rings. The van der Waals surface area contributed by atoms with E-state index in [0.29, 0.717) is 0 Å². The number of hydrogen-bond acceptors (Lipinski definition) is 2. The largest absolute Gasteiger partial charge is 0.399 e. The molecular weight excluding hydrogens is 262 g/mol. The maximum Gasteiger partial charge on any atom is 0.0320 e. The van der Waals surface area contributed by atoms with E-state index < -0.39 is 0 Å². The summed E-state index contributed by atoms with van der Waals surface area (Å²) >= 11 is 1.77. The monoisotopic (exact) mass is 277 g/mol. The smallest absolute Gasteiger partial charge is 0.0320 e. The van der Waals surface area contributed by atoms with Crippen molar-refractivity contribution in [3.63, 3.8) is 0 Å². The van der Waals surface area contributed by atoms with Crippen LogP contribution >= 0.6 is 11.8 Å². The summed E-state index contributed by atoms with van der Waals surface area (Å²) in [7, 11) is 0. The van der Waals surface area contributed by atoms with Gasteiger partial charge in [-0.15, -0.1) is 0 Å². The summed E-state index contributed by atoms with van der Waals surface area (Å²) in [5, 5.41) is 0. The first kappa shape index (κ1) is 12.8. The Bertz CT molecular complexity index is 707. The van der Waals surface area contributed by atoms with Gasteiger partial charge < -0.3 is 5.73 Å². The van der Waals surface area contributed by atoms with Crippen molar-refractivity contribution in [2.24, 2.45) is 0 Å². The molecule has 0 spiro atoms. The fourth-order valence-corrected chi connectivity index (χ4v) is 3.11. The second-order valence-corrected chi connectivity index (χ2v) is 5.65. The zero-order chi connectivity index (χ0) is 13.8. The van der Waals surface area contributed by atoms with Gasteiger partial charge in [-0.1, -0.05) is 60.3 Å².